The molecule has 0 radical (unpaired) electrons. The highest BCUT2D eigenvalue weighted by molar-refractivity contribution is 6.33. The van der Waals surface area contributed by atoms with Crippen molar-refractivity contribution in [2.24, 2.45) is 5.10 Å². The summed E-state index contributed by atoms with van der Waals surface area (Å²) >= 11 is 6.14. The largest absolute Gasteiger partial charge is 0.462 e. The first-order valence-electron chi connectivity index (χ1n) is 10.6. The Morgan fingerprint density at radius 3 is 2.53 bits per heavy atom. The van der Waals surface area contributed by atoms with Crippen LogP contribution in [0.25, 0.3) is 17.4 Å². The fourth-order valence-corrected chi connectivity index (χ4v) is 3.66. The SMILES string of the molecule is CCOC(=O)c1cc(-c2ccc(/C=C3\C(=O)N(c4ccc(C(C)=O)cc4)N=C3C)o2)ccc1Cl. The quantitative estimate of drug-likeness (QED) is 0.255. The number of halogens is 1. The molecule has 0 saturated carbocycles. The van der Waals surface area contributed by atoms with Gasteiger partial charge in [0.1, 0.15) is 11.5 Å². The first kappa shape index (κ1) is 23.2. The maximum absolute atomic E-state index is 13.0. The van der Waals surface area contributed by atoms with Gasteiger partial charge in [-0.25, -0.2) is 4.79 Å². The standard InChI is InChI=1S/C26H21ClN2O5/c1-4-33-26(32)22-13-18(7-11-23(22)27)24-12-10-20(34-24)14-21-15(2)28-29(25(21)31)19-8-5-17(6-9-19)16(3)30/h5-14H,4H2,1-3H3/b21-14-. The predicted molar refractivity (Wildman–Crippen MR) is 130 cm³/mol. The summed E-state index contributed by atoms with van der Waals surface area (Å²) in [6.45, 7) is 5.19. The summed E-state index contributed by atoms with van der Waals surface area (Å²) in [5.41, 5.74) is 2.94. The van der Waals surface area contributed by atoms with Crippen LogP contribution in [0.3, 0.4) is 0 Å². The number of carbonyl (C=O) groups is 3. The Hall–Kier alpha value is -3.97. The number of amides is 1. The first-order chi connectivity index (χ1) is 16.3. The first-order valence-corrected chi connectivity index (χ1v) is 11.0. The maximum atomic E-state index is 13.0. The number of hydrogen-bond acceptors (Lipinski definition) is 6. The van der Waals surface area contributed by atoms with E-state index in [2.05, 4.69) is 5.10 Å². The average molecular weight is 477 g/mol. The van der Waals surface area contributed by atoms with Gasteiger partial charge in [0.15, 0.2) is 5.78 Å². The van der Waals surface area contributed by atoms with Crippen LogP contribution in [0.4, 0.5) is 5.69 Å². The van der Waals surface area contributed by atoms with Crippen molar-refractivity contribution in [3.8, 4) is 11.3 Å². The van der Waals surface area contributed by atoms with Gasteiger partial charge in [0, 0.05) is 11.1 Å². The third-order valence-electron chi connectivity index (χ3n) is 5.24. The van der Waals surface area contributed by atoms with E-state index in [1.54, 1.807) is 74.5 Å². The molecule has 8 heteroatoms. The summed E-state index contributed by atoms with van der Waals surface area (Å²) in [4.78, 5) is 36.6. The average Bonchev–Trinajstić information content (AvgIpc) is 3.40. The molecule has 1 aromatic heterocycles. The van der Waals surface area contributed by atoms with Gasteiger partial charge in [-0.1, -0.05) is 11.6 Å². The molecule has 7 nitrogen and oxygen atoms in total. The molecule has 0 unspecified atom stereocenters. The molecule has 0 saturated heterocycles. The number of anilines is 1. The number of Topliss-reactive ketones (excluding diaryl/α,β-unsaturated/α-hetero) is 1. The zero-order valence-electron chi connectivity index (χ0n) is 18.8. The van der Waals surface area contributed by atoms with Crippen molar-refractivity contribution < 1.29 is 23.5 Å². The van der Waals surface area contributed by atoms with E-state index in [0.717, 1.165) is 0 Å². The van der Waals surface area contributed by atoms with Crippen molar-refractivity contribution >= 4 is 46.7 Å². The maximum Gasteiger partial charge on any atom is 0.339 e. The van der Waals surface area contributed by atoms with Crippen LogP contribution < -0.4 is 5.01 Å². The van der Waals surface area contributed by atoms with Gasteiger partial charge >= 0.3 is 5.97 Å². The Morgan fingerprint density at radius 2 is 1.85 bits per heavy atom. The Labute approximate surface area is 201 Å². The van der Waals surface area contributed by atoms with Crippen molar-refractivity contribution in [1.29, 1.82) is 0 Å². The Balaban J connectivity index is 1.58. The summed E-state index contributed by atoms with van der Waals surface area (Å²) in [6.07, 6.45) is 1.62. The molecule has 0 spiro atoms. The number of esters is 1. The Kier molecular flexibility index (Phi) is 6.47. The molecule has 0 N–H and O–H groups in total. The highest BCUT2D eigenvalue weighted by Gasteiger charge is 2.29. The molecular weight excluding hydrogens is 456 g/mol. The third-order valence-corrected chi connectivity index (χ3v) is 5.57. The van der Waals surface area contributed by atoms with Gasteiger partial charge in [0.2, 0.25) is 0 Å². The summed E-state index contributed by atoms with van der Waals surface area (Å²) < 4.78 is 11.0. The normalized spacial score (nSPS) is 14.5. The number of nitrogens with zero attached hydrogens (tertiary/aromatic N) is 2. The minimum Gasteiger partial charge on any atom is -0.462 e. The highest BCUT2D eigenvalue weighted by atomic mass is 35.5. The molecular formula is C26H21ClN2O5. The van der Waals surface area contributed by atoms with E-state index in [9.17, 15) is 14.4 Å². The molecule has 0 bridgehead atoms. The molecule has 0 fully saturated rings. The van der Waals surface area contributed by atoms with Crippen LogP contribution in [0.2, 0.25) is 5.02 Å². The van der Waals surface area contributed by atoms with Crippen LogP contribution in [0.1, 0.15) is 47.2 Å². The van der Waals surface area contributed by atoms with Crippen molar-refractivity contribution in [3.63, 3.8) is 0 Å². The van der Waals surface area contributed by atoms with E-state index in [1.807, 2.05) is 0 Å². The summed E-state index contributed by atoms with van der Waals surface area (Å²) in [5, 5.41) is 5.93. The lowest BCUT2D eigenvalue weighted by atomic mass is 10.1. The van der Waals surface area contributed by atoms with Crippen molar-refractivity contribution in [3.05, 3.63) is 82.1 Å². The van der Waals surface area contributed by atoms with Gasteiger partial charge in [-0.3, -0.25) is 9.59 Å². The Morgan fingerprint density at radius 1 is 1.12 bits per heavy atom. The molecule has 1 amide bonds. The molecule has 2 aromatic carbocycles. The smallest absolute Gasteiger partial charge is 0.339 e. The number of carbonyl (C=O) groups excluding carboxylic acids is 3. The van der Waals surface area contributed by atoms with E-state index in [0.29, 0.717) is 39.6 Å². The monoisotopic (exact) mass is 476 g/mol. The van der Waals surface area contributed by atoms with Crippen LogP contribution in [-0.2, 0) is 9.53 Å². The minimum absolute atomic E-state index is 0.0525. The number of hydrazone groups is 1. The summed E-state index contributed by atoms with van der Waals surface area (Å²) in [7, 11) is 0. The molecule has 172 valence electrons. The summed E-state index contributed by atoms with van der Waals surface area (Å²) in [5.74, 6) is 0.0912. The van der Waals surface area contributed by atoms with Gasteiger partial charge in [-0.05, 0) is 81.4 Å². The molecule has 3 aromatic rings. The Bertz CT molecular complexity index is 1350. The van der Waals surface area contributed by atoms with E-state index in [4.69, 9.17) is 20.8 Å². The zero-order valence-corrected chi connectivity index (χ0v) is 19.6. The minimum atomic E-state index is -0.511. The lowest BCUT2D eigenvalue weighted by Crippen LogP contribution is -2.21. The highest BCUT2D eigenvalue weighted by Crippen LogP contribution is 2.30. The number of ether oxygens (including phenoxy) is 1. The van der Waals surface area contributed by atoms with Crippen LogP contribution in [0, 0.1) is 0 Å². The number of rotatable bonds is 6. The van der Waals surface area contributed by atoms with Gasteiger partial charge in [-0.15, -0.1) is 0 Å². The van der Waals surface area contributed by atoms with Crippen molar-refractivity contribution in [2.75, 3.05) is 11.6 Å². The second kappa shape index (κ2) is 9.49. The lowest BCUT2D eigenvalue weighted by Gasteiger charge is -2.11. The second-order valence-electron chi connectivity index (χ2n) is 7.58. The zero-order chi connectivity index (χ0) is 24.4. The molecule has 1 aliphatic rings. The van der Waals surface area contributed by atoms with E-state index >= 15 is 0 Å². The van der Waals surface area contributed by atoms with Crippen LogP contribution in [0.15, 0.2) is 69.7 Å². The molecule has 2 heterocycles. The van der Waals surface area contributed by atoms with Crippen LogP contribution in [0.5, 0.6) is 0 Å². The number of furan rings is 1. The second-order valence-corrected chi connectivity index (χ2v) is 7.99. The van der Waals surface area contributed by atoms with Crippen molar-refractivity contribution in [1.82, 2.24) is 0 Å². The fraction of sp³-hybridized carbons (Fsp3) is 0.154. The van der Waals surface area contributed by atoms with Gasteiger partial charge in [0.05, 0.1) is 34.2 Å². The third kappa shape index (κ3) is 4.56. The lowest BCUT2D eigenvalue weighted by molar-refractivity contribution is -0.114. The van der Waals surface area contributed by atoms with Crippen LogP contribution >= 0.6 is 11.6 Å². The summed E-state index contributed by atoms with van der Waals surface area (Å²) in [6, 6.07) is 15.1. The molecule has 0 aliphatic carbocycles. The number of hydrogen-bond donors (Lipinski definition) is 0. The van der Waals surface area contributed by atoms with Gasteiger partial charge < -0.3 is 9.15 Å². The number of ketones is 1. The predicted octanol–water partition coefficient (Wildman–Crippen LogP) is 5.79. The van der Waals surface area contributed by atoms with Gasteiger partial charge in [0.25, 0.3) is 5.91 Å². The molecule has 4 rings (SSSR count). The molecule has 0 atom stereocenters. The fourth-order valence-electron chi connectivity index (χ4n) is 3.47. The topological polar surface area (TPSA) is 89.2 Å². The molecule has 1 aliphatic heterocycles. The van der Waals surface area contributed by atoms with Crippen LogP contribution in [-0.4, -0.2) is 30.0 Å². The van der Waals surface area contributed by atoms with E-state index in [1.165, 1.54) is 11.9 Å². The van der Waals surface area contributed by atoms with Crippen molar-refractivity contribution in [2.45, 2.75) is 20.8 Å². The molecule has 34 heavy (non-hydrogen) atoms. The number of benzene rings is 2. The van der Waals surface area contributed by atoms with E-state index < -0.39 is 5.97 Å². The van der Waals surface area contributed by atoms with E-state index in [-0.39, 0.29) is 28.9 Å². The van der Waals surface area contributed by atoms with Gasteiger partial charge in [-0.2, -0.15) is 10.1 Å².